The van der Waals surface area contributed by atoms with E-state index >= 15 is 0 Å². The molecule has 2 aromatic carbocycles. The number of hydrogen-bond donors (Lipinski definition) is 1. The van der Waals surface area contributed by atoms with Gasteiger partial charge in [-0.15, -0.1) is 0 Å². The Labute approximate surface area is 150 Å². The first-order valence-electron chi connectivity index (χ1n) is 7.67. The van der Waals surface area contributed by atoms with Crippen molar-refractivity contribution in [3.8, 4) is 0 Å². The number of carbonyl (C=O) groups is 1. The van der Waals surface area contributed by atoms with Gasteiger partial charge in [0.1, 0.15) is 5.03 Å². The second-order valence-electron chi connectivity index (χ2n) is 5.69. The summed E-state index contributed by atoms with van der Waals surface area (Å²) in [5.74, 6) is -0.0930. The first kappa shape index (κ1) is 16.8. The normalized spacial score (nSPS) is 11.0. The van der Waals surface area contributed by atoms with Crippen molar-refractivity contribution in [1.82, 2.24) is 10.3 Å². The molecular formula is C19H17ClN2OS. The van der Waals surface area contributed by atoms with E-state index < -0.39 is 0 Å². The van der Waals surface area contributed by atoms with Crippen molar-refractivity contribution >= 4 is 40.2 Å². The van der Waals surface area contributed by atoms with Crippen LogP contribution < -0.4 is 5.32 Å². The zero-order valence-electron chi connectivity index (χ0n) is 13.4. The van der Waals surface area contributed by atoms with E-state index in [4.69, 9.17) is 11.6 Å². The van der Waals surface area contributed by atoms with E-state index in [1.165, 1.54) is 11.8 Å². The molecule has 1 aromatic heterocycles. The molecule has 0 spiro atoms. The third-order valence-corrected chi connectivity index (χ3v) is 4.84. The Morgan fingerprint density at radius 1 is 1.12 bits per heavy atom. The number of rotatable bonds is 4. The molecule has 0 atom stereocenters. The lowest BCUT2D eigenvalue weighted by atomic mass is 10.1. The van der Waals surface area contributed by atoms with Crippen molar-refractivity contribution in [1.29, 1.82) is 0 Å². The lowest BCUT2D eigenvalue weighted by Crippen LogP contribution is -2.30. The number of carbonyl (C=O) groups excluding carboxylic acids is 1. The van der Waals surface area contributed by atoms with Gasteiger partial charge in [0.2, 0.25) is 0 Å². The first-order chi connectivity index (χ1) is 11.5. The molecule has 1 amide bonds. The number of amides is 1. The summed E-state index contributed by atoms with van der Waals surface area (Å²) in [5, 5.41) is 5.22. The molecule has 3 rings (SSSR count). The Balaban J connectivity index is 2.06. The molecule has 0 unspecified atom stereocenters. The molecule has 1 heterocycles. The average Bonchev–Trinajstić information content (AvgIpc) is 2.55. The van der Waals surface area contributed by atoms with Gasteiger partial charge in [0.25, 0.3) is 5.91 Å². The van der Waals surface area contributed by atoms with E-state index in [1.807, 2.05) is 68.4 Å². The van der Waals surface area contributed by atoms with E-state index in [2.05, 4.69) is 10.3 Å². The van der Waals surface area contributed by atoms with Gasteiger partial charge in [-0.25, -0.2) is 4.98 Å². The molecule has 0 aliphatic heterocycles. The number of hydrogen-bond acceptors (Lipinski definition) is 3. The predicted octanol–water partition coefficient (Wildman–Crippen LogP) is 5.18. The monoisotopic (exact) mass is 356 g/mol. The summed E-state index contributed by atoms with van der Waals surface area (Å²) in [7, 11) is 0. The van der Waals surface area contributed by atoms with E-state index in [0.717, 1.165) is 20.8 Å². The summed E-state index contributed by atoms with van der Waals surface area (Å²) in [5.41, 5.74) is 1.42. The Morgan fingerprint density at radius 2 is 1.83 bits per heavy atom. The van der Waals surface area contributed by atoms with Crippen LogP contribution in [0.15, 0.2) is 64.5 Å². The largest absolute Gasteiger partial charge is 0.350 e. The Kier molecular flexibility index (Phi) is 5.07. The fourth-order valence-electron chi connectivity index (χ4n) is 2.37. The van der Waals surface area contributed by atoms with Gasteiger partial charge in [-0.05, 0) is 38.1 Å². The van der Waals surface area contributed by atoms with Gasteiger partial charge in [-0.3, -0.25) is 4.79 Å². The van der Waals surface area contributed by atoms with Crippen LogP contribution in [-0.4, -0.2) is 16.9 Å². The van der Waals surface area contributed by atoms with Crippen molar-refractivity contribution in [3.05, 3.63) is 65.2 Å². The highest BCUT2D eigenvalue weighted by Gasteiger charge is 2.14. The minimum Gasteiger partial charge on any atom is -0.350 e. The van der Waals surface area contributed by atoms with Crippen molar-refractivity contribution < 1.29 is 4.79 Å². The molecule has 0 saturated carbocycles. The number of para-hydroxylation sites is 1. The highest BCUT2D eigenvalue weighted by molar-refractivity contribution is 7.99. The maximum atomic E-state index is 12.6. The van der Waals surface area contributed by atoms with Gasteiger partial charge < -0.3 is 5.32 Å². The maximum absolute atomic E-state index is 12.6. The molecule has 0 radical (unpaired) electrons. The Hall–Kier alpha value is -2.04. The van der Waals surface area contributed by atoms with Gasteiger partial charge in [-0.2, -0.15) is 0 Å². The lowest BCUT2D eigenvalue weighted by molar-refractivity contribution is 0.0944. The van der Waals surface area contributed by atoms with Crippen LogP contribution >= 0.6 is 23.4 Å². The Morgan fingerprint density at radius 3 is 2.58 bits per heavy atom. The van der Waals surface area contributed by atoms with Crippen molar-refractivity contribution in [2.75, 3.05) is 0 Å². The van der Waals surface area contributed by atoms with E-state index in [-0.39, 0.29) is 11.9 Å². The summed E-state index contributed by atoms with van der Waals surface area (Å²) in [4.78, 5) is 18.1. The van der Waals surface area contributed by atoms with Crippen LogP contribution in [0.1, 0.15) is 24.2 Å². The van der Waals surface area contributed by atoms with E-state index in [1.54, 1.807) is 0 Å². The minimum atomic E-state index is -0.0930. The number of pyridine rings is 1. The molecule has 0 fully saturated rings. The molecule has 24 heavy (non-hydrogen) atoms. The molecule has 0 aliphatic carbocycles. The van der Waals surface area contributed by atoms with Crippen LogP contribution in [0.4, 0.5) is 0 Å². The molecular weight excluding hydrogens is 340 g/mol. The molecule has 3 aromatic rings. The van der Waals surface area contributed by atoms with Gasteiger partial charge >= 0.3 is 0 Å². The first-order valence-corrected chi connectivity index (χ1v) is 8.87. The zero-order valence-corrected chi connectivity index (χ0v) is 15.0. The molecule has 0 bridgehead atoms. The minimum absolute atomic E-state index is 0.0732. The maximum Gasteiger partial charge on any atom is 0.252 e. The number of aromatic nitrogens is 1. The standard InChI is InChI=1S/C19H17ClN2OS/c1-12(2)21-19(23)14-11-18(22-16-9-5-3-7-13(14)16)24-17-10-6-4-8-15(17)20/h3-12H,1-2H3,(H,21,23). The number of benzene rings is 2. The lowest BCUT2D eigenvalue weighted by Gasteiger charge is -2.12. The van der Waals surface area contributed by atoms with Crippen LogP contribution in [0, 0.1) is 0 Å². The van der Waals surface area contributed by atoms with Gasteiger partial charge in [0, 0.05) is 16.3 Å². The second-order valence-corrected chi connectivity index (χ2v) is 7.16. The SMILES string of the molecule is CC(C)NC(=O)c1cc(Sc2ccccc2Cl)nc2ccccc12. The molecule has 122 valence electrons. The van der Waals surface area contributed by atoms with Gasteiger partial charge in [0.05, 0.1) is 16.1 Å². The zero-order chi connectivity index (χ0) is 17.1. The smallest absolute Gasteiger partial charge is 0.252 e. The molecule has 5 heteroatoms. The van der Waals surface area contributed by atoms with Crippen LogP contribution in [0.3, 0.4) is 0 Å². The number of nitrogens with one attached hydrogen (secondary N) is 1. The molecule has 1 N–H and O–H groups in total. The topological polar surface area (TPSA) is 42.0 Å². The third kappa shape index (κ3) is 3.71. The average molecular weight is 357 g/mol. The van der Waals surface area contributed by atoms with Crippen molar-refractivity contribution in [2.45, 2.75) is 29.8 Å². The molecule has 0 saturated heterocycles. The fourth-order valence-corrected chi connectivity index (χ4v) is 3.48. The summed E-state index contributed by atoms with van der Waals surface area (Å²) >= 11 is 7.69. The highest BCUT2D eigenvalue weighted by Crippen LogP contribution is 2.33. The van der Waals surface area contributed by atoms with Crippen LogP contribution in [0.2, 0.25) is 5.02 Å². The number of halogens is 1. The van der Waals surface area contributed by atoms with Gasteiger partial charge in [-0.1, -0.05) is 53.7 Å². The molecule has 3 nitrogen and oxygen atoms in total. The summed E-state index contributed by atoms with van der Waals surface area (Å²) < 4.78 is 0. The molecule has 0 aliphatic rings. The second kappa shape index (κ2) is 7.24. The quantitative estimate of drug-likeness (QED) is 0.700. The number of nitrogens with zero attached hydrogens (tertiary/aromatic N) is 1. The predicted molar refractivity (Wildman–Crippen MR) is 99.9 cm³/mol. The van der Waals surface area contributed by atoms with E-state index in [0.29, 0.717) is 10.6 Å². The van der Waals surface area contributed by atoms with Crippen LogP contribution in [0.5, 0.6) is 0 Å². The van der Waals surface area contributed by atoms with Crippen LogP contribution in [-0.2, 0) is 0 Å². The number of fused-ring (bicyclic) bond motifs is 1. The Bertz CT molecular complexity index is 895. The van der Waals surface area contributed by atoms with Crippen LogP contribution in [0.25, 0.3) is 10.9 Å². The highest BCUT2D eigenvalue weighted by atomic mass is 35.5. The summed E-state index contributed by atoms with van der Waals surface area (Å²) in [6.07, 6.45) is 0. The summed E-state index contributed by atoms with van der Waals surface area (Å²) in [6, 6.07) is 17.2. The van der Waals surface area contributed by atoms with Crippen molar-refractivity contribution in [2.24, 2.45) is 0 Å². The van der Waals surface area contributed by atoms with E-state index in [9.17, 15) is 4.79 Å². The summed E-state index contributed by atoms with van der Waals surface area (Å²) in [6.45, 7) is 3.89. The fraction of sp³-hybridized carbons (Fsp3) is 0.158. The third-order valence-electron chi connectivity index (χ3n) is 3.41. The van der Waals surface area contributed by atoms with Gasteiger partial charge in [0.15, 0.2) is 0 Å². The van der Waals surface area contributed by atoms with Crippen molar-refractivity contribution in [3.63, 3.8) is 0 Å².